The topological polar surface area (TPSA) is 107 Å². The fraction of sp³-hybridized carbons (Fsp3) is 0.0400. The minimum absolute atomic E-state index is 0.0379. The van der Waals surface area contributed by atoms with Crippen LogP contribution in [0.5, 0.6) is 0 Å². The predicted octanol–water partition coefficient (Wildman–Crippen LogP) is 4.36. The number of pyridine rings is 2. The van der Waals surface area contributed by atoms with Gasteiger partial charge in [0.25, 0.3) is 0 Å². The fourth-order valence-corrected chi connectivity index (χ4v) is 3.70. The number of nitrogens with two attached hydrogens (primary N) is 1. The van der Waals surface area contributed by atoms with Crippen LogP contribution in [0.25, 0.3) is 39.5 Å². The number of carboxylic acid groups (broad SMARTS) is 1. The van der Waals surface area contributed by atoms with Crippen molar-refractivity contribution >= 4 is 23.0 Å². The van der Waals surface area contributed by atoms with Gasteiger partial charge in [0.2, 0.25) is 0 Å². The molecule has 32 heavy (non-hydrogen) atoms. The molecule has 0 amide bonds. The molecule has 0 atom stereocenters. The zero-order valence-corrected chi connectivity index (χ0v) is 17.0. The Morgan fingerprint density at radius 3 is 2.41 bits per heavy atom. The van der Waals surface area contributed by atoms with E-state index in [1.165, 1.54) is 0 Å². The van der Waals surface area contributed by atoms with E-state index in [-0.39, 0.29) is 6.42 Å². The van der Waals surface area contributed by atoms with E-state index in [2.05, 4.69) is 4.98 Å². The van der Waals surface area contributed by atoms with Gasteiger partial charge in [-0.1, -0.05) is 42.5 Å². The molecule has 0 unspecified atom stereocenters. The highest BCUT2D eigenvalue weighted by molar-refractivity contribution is 5.84. The molecule has 0 aliphatic heterocycles. The number of fused-ring (bicyclic) bond motifs is 1. The van der Waals surface area contributed by atoms with Crippen LogP contribution in [0, 0.1) is 0 Å². The van der Waals surface area contributed by atoms with E-state index in [1.54, 1.807) is 18.3 Å². The molecule has 3 aromatic heterocycles. The van der Waals surface area contributed by atoms with Gasteiger partial charge in [0.1, 0.15) is 11.3 Å². The molecule has 7 nitrogen and oxygen atoms in total. The number of aliphatic carboxylic acids is 1. The zero-order chi connectivity index (χ0) is 22.1. The number of anilines is 1. The molecule has 7 heteroatoms. The van der Waals surface area contributed by atoms with Gasteiger partial charge < -0.3 is 10.8 Å². The number of hydrogen-bond donors (Lipinski definition) is 2. The Balaban J connectivity index is 1.74. The van der Waals surface area contributed by atoms with Crippen LogP contribution in [-0.2, 0) is 11.2 Å². The normalized spacial score (nSPS) is 11.0. The second-order valence-electron chi connectivity index (χ2n) is 7.35. The summed E-state index contributed by atoms with van der Waals surface area (Å²) < 4.78 is 1.93. The molecular formula is C25H19N5O2. The van der Waals surface area contributed by atoms with Crippen LogP contribution in [0.2, 0.25) is 0 Å². The average Bonchev–Trinajstić information content (AvgIpc) is 3.18. The maximum atomic E-state index is 11.1. The first-order valence-corrected chi connectivity index (χ1v) is 10.1. The van der Waals surface area contributed by atoms with Gasteiger partial charge in [0.05, 0.1) is 17.7 Å². The van der Waals surface area contributed by atoms with Crippen molar-refractivity contribution in [2.24, 2.45) is 0 Å². The van der Waals surface area contributed by atoms with Gasteiger partial charge in [0.15, 0.2) is 11.5 Å². The standard InChI is InChI=1S/C25H19N5O2/c26-23-19(7-4-14-27-23)24-29-21-13-12-20(17-5-2-1-3-6-17)28-25(21)30(24)18-10-8-16(9-11-18)15-22(31)32/h1-14H,15H2,(H2,26,27)(H,31,32). The lowest BCUT2D eigenvalue weighted by Crippen LogP contribution is -2.03. The van der Waals surface area contributed by atoms with E-state index in [9.17, 15) is 4.79 Å². The molecular weight excluding hydrogens is 402 g/mol. The minimum atomic E-state index is -0.871. The fourth-order valence-electron chi connectivity index (χ4n) is 3.70. The number of carbonyl (C=O) groups is 1. The van der Waals surface area contributed by atoms with Crippen molar-refractivity contribution in [2.45, 2.75) is 6.42 Å². The maximum Gasteiger partial charge on any atom is 0.307 e. The van der Waals surface area contributed by atoms with E-state index in [1.807, 2.05) is 71.3 Å². The monoisotopic (exact) mass is 421 g/mol. The Labute approximate surface area is 183 Å². The Morgan fingerprint density at radius 2 is 1.69 bits per heavy atom. The molecule has 2 aromatic carbocycles. The first-order chi connectivity index (χ1) is 15.6. The van der Waals surface area contributed by atoms with Crippen LogP contribution in [0.4, 0.5) is 5.82 Å². The summed E-state index contributed by atoms with van der Waals surface area (Å²) in [4.78, 5) is 25.0. The van der Waals surface area contributed by atoms with Gasteiger partial charge in [-0.2, -0.15) is 0 Å². The van der Waals surface area contributed by atoms with Crippen LogP contribution in [0.3, 0.4) is 0 Å². The van der Waals surface area contributed by atoms with Crippen molar-refractivity contribution in [3.63, 3.8) is 0 Å². The number of aromatic nitrogens is 4. The Kier molecular flexibility index (Phi) is 4.84. The molecule has 0 spiro atoms. The lowest BCUT2D eigenvalue weighted by atomic mass is 10.1. The van der Waals surface area contributed by atoms with E-state index in [4.69, 9.17) is 20.8 Å². The SMILES string of the molecule is Nc1ncccc1-c1nc2ccc(-c3ccccc3)nc2n1-c1ccc(CC(=O)O)cc1. The van der Waals surface area contributed by atoms with Crippen molar-refractivity contribution in [3.8, 4) is 28.3 Å². The van der Waals surface area contributed by atoms with Crippen molar-refractivity contribution < 1.29 is 9.90 Å². The number of benzene rings is 2. The van der Waals surface area contributed by atoms with E-state index in [0.29, 0.717) is 28.4 Å². The lowest BCUT2D eigenvalue weighted by Gasteiger charge is -2.11. The molecule has 0 saturated carbocycles. The number of imidazole rings is 1. The molecule has 0 bridgehead atoms. The number of rotatable bonds is 5. The third-order valence-corrected chi connectivity index (χ3v) is 5.20. The molecule has 3 N–H and O–H groups in total. The molecule has 156 valence electrons. The van der Waals surface area contributed by atoms with Crippen molar-refractivity contribution in [2.75, 3.05) is 5.73 Å². The summed E-state index contributed by atoms with van der Waals surface area (Å²) >= 11 is 0. The summed E-state index contributed by atoms with van der Waals surface area (Å²) in [5, 5.41) is 9.08. The molecule has 0 saturated heterocycles. The molecule has 0 radical (unpaired) electrons. The van der Waals surface area contributed by atoms with Crippen LogP contribution < -0.4 is 5.73 Å². The highest BCUT2D eigenvalue weighted by Gasteiger charge is 2.18. The summed E-state index contributed by atoms with van der Waals surface area (Å²) in [5.74, 6) is 0.118. The minimum Gasteiger partial charge on any atom is -0.481 e. The quantitative estimate of drug-likeness (QED) is 0.437. The zero-order valence-electron chi connectivity index (χ0n) is 17.0. The van der Waals surface area contributed by atoms with Crippen LogP contribution >= 0.6 is 0 Å². The van der Waals surface area contributed by atoms with Gasteiger partial charge in [-0.15, -0.1) is 0 Å². The summed E-state index contributed by atoms with van der Waals surface area (Å²) in [6, 6.07) is 24.8. The van der Waals surface area contributed by atoms with E-state index in [0.717, 1.165) is 22.5 Å². The third kappa shape index (κ3) is 3.56. The molecule has 0 aliphatic rings. The number of carboxylic acids is 1. The van der Waals surface area contributed by atoms with Crippen molar-refractivity contribution in [1.29, 1.82) is 0 Å². The lowest BCUT2D eigenvalue weighted by molar-refractivity contribution is -0.136. The van der Waals surface area contributed by atoms with Gasteiger partial charge in [0, 0.05) is 17.4 Å². The molecule has 3 heterocycles. The van der Waals surface area contributed by atoms with Crippen molar-refractivity contribution in [1.82, 2.24) is 19.5 Å². The largest absolute Gasteiger partial charge is 0.481 e. The number of hydrogen-bond acceptors (Lipinski definition) is 5. The summed E-state index contributed by atoms with van der Waals surface area (Å²) in [6.45, 7) is 0. The first-order valence-electron chi connectivity index (χ1n) is 10.1. The number of nitrogens with zero attached hydrogens (tertiary/aromatic N) is 4. The van der Waals surface area contributed by atoms with Gasteiger partial charge in [-0.25, -0.2) is 15.0 Å². The number of nitrogen functional groups attached to an aromatic ring is 1. The summed E-state index contributed by atoms with van der Waals surface area (Å²) in [6.07, 6.45) is 1.60. The predicted molar refractivity (Wildman–Crippen MR) is 123 cm³/mol. The maximum absolute atomic E-state index is 11.1. The molecule has 5 rings (SSSR count). The summed E-state index contributed by atoms with van der Waals surface area (Å²) in [5.41, 5.74) is 11.6. The molecule has 5 aromatic rings. The van der Waals surface area contributed by atoms with E-state index < -0.39 is 5.97 Å². The Bertz CT molecular complexity index is 1430. The van der Waals surface area contributed by atoms with Gasteiger partial charge >= 0.3 is 5.97 Å². The average molecular weight is 421 g/mol. The van der Waals surface area contributed by atoms with Crippen LogP contribution in [-0.4, -0.2) is 30.6 Å². The first kappa shape index (κ1) is 19.4. The molecule has 0 aliphatic carbocycles. The van der Waals surface area contributed by atoms with Crippen LogP contribution in [0.15, 0.2) is 85.1 Å². The second-order valence-corrected chi connectivity index (χ2v) is 7.35. The smallest absolute Gasteiger partial charge is 0.307 e. The van der Waals surface area contributed by atoms with Gasteiger partial charge in [-0.3, -0.25) is 9.36 Å². The summed E-state index contributed by atoms with van der Waals surface area (Å²) in [7, 11) is 0. The molecule has 0 fully saturated rings. The van der Waals surface area contributed by atoms with Crippen molar-refractivity contribution in [3.05, 3.63) is 90.6 Å². The Morgan fingerprint density at radius 1 is 0.906 bits per heavy atom. The second kappa shape index (κ2) is 7.96. The Hall–Kier alpha value is -4.52. The highest BCUT2D eigenvalue weighted by atomic mass is 16.4. The van der Waals surface area contributed by atoms with Crippen LogP contribution in [0.1, 0.15) is 5.56 Å². The van der Waals surface area contributed by atoms with E-state index >= 15 is 0 Å². The third-order valence-electron chi connectivity index (χ3n) is 5.20. The highest BCUT2D eigenvalue weighted by Crippen LogP contribution is 2.31. The van der Waals surface area contributed by atoms with Gasteiger partial charge in [-0.05, 0) is 42.0 Å².